The summed E-state index contributed by atoms with van der Waals surface area (Å²) in [5.74, 6) is -0.246. The van der Waals surface area contributed by atoms with Crippen molar-refractivity contribution in [2.45, 2.75) is 36.2 Å². The SMILES string of the molecule is CC[C@H](C)c1ccc(N2C(=O)/C(=C/c3cc(Br)c(Sc4ccccc4)o3)C(=O)NC2=S)cc1. The number of rotatable bonds is 6. The average molecular weight is 541 g/mol. The summed E-state index contributed by atoms with van der Waals surface area (Å²) >= 11 is 10.2. The van der Waals surface area contributed by atoms with Gasteiger partial charge < -0.3 is 4.42 Å². The van der Waals surface area contributed by atoms with E-state index in [1.54, 1.807) is 6.07 Å². The Kier molecular flexibility index (Phi) is 7.17. The van der Waals surface area contributed by atoms with Crippen molar-refractivity contribution in [3.63, 3.8) is 0 Å². The van der Waals surface area contributed by atoms with Crippen molar-refractivity contribution in [1.29, 1.82) is 0 Å². The molecule has 0 aliphatic carbocycles. The second-order valence-corrected chi connectivity index (χ2v) is 9.85. The van der Waals surface area contributed by atoms with E-state index in [2.05, 4.69) is 35.1 Å². The number of carbonyl (C=O) groups is 2. The molecule has 1 aliphatic heterocycles. The van der Waals surface area contributed by atoms with Crippen LogP contribution in [0.1, 0.15) is 37.5 Å². The summed E-state index contributed by atoms with van der Waals surface area (Å²) in [5, 5.41) is 3.29. The van der Waals surface area contributed by atoms with Crippen LogP contribution in [0, 0.1) is 0 Å². The first kappa shape index (κ1) is 23.5. The second kappa shape index (κ2) is 10.1. The molecule has 0 bridgehead atoms. The van der Waals surface area contributed by atoms with Gasteiger partial charge in [-0.3, -0.25) is 19.8 Å². The Morgan fingerprint density at radius 1 is 1.15 bits per heavy atom. The van der Waals surface area contributed by atoms with E-state index in [0.29, 0.717) is 22.5 Å². The molecule has 5 nitrogen and oxygen atoms in total. The highest BCUT2D eigenvalue weighted by molar-refractivity contribution is 9.10. The monoisotopic (exact) mass is 540 g/mol. The van der Waals surface area contributed by atoms with E-state index in [1.807, 2.05) is 54.6 Å². The van der Waals surface area contributed by atoms with Gasteiger partial charge >= 0.3 is 0 Å². The Balaban J connectivity index is 1.61. The molecule has 3 aromatic rings. The van der Waals surface area contributed by atoms with Gasteiger partial charge in [-0.1, -0.05) is 55.9 Å². The van der Waals surface area contributed by atoms with E-state index in [4.69, 9.17) is 16.6 Å². The fraction of sp³-hybridized carbons (Fsp3) is 0.160. The van der Waals surface area contributed by atoms with Crippen LogP contribution in [0.2, 0.25) is 0 Å². The molecule has 8 heteroatoms. The van der Waals surface area contributed by atoms with Crippen LogP contribution < -0.4 is 10.2 Å². The van der Waals surface area contributed by atoms with Crippen LogP contribution in [0.5, 0.6) is 0 Å². The number of amides is 2. The summed E-state index contributed by atoms with van der Waals surface area (Å²) in [5.41, 5.74) is 1.73. The number of hydrogen-bond donors (Lipinski definition) is 1. The molecule has 1 fully saturated rings. The van der Waals surface area contributed by atoms with Gasteiger partial charge in [-0.2, -0.15) is 0 Å². The molecule has 1 atom stereocenters. The molecule has 168 valence electrons. The molecule has 1 aliphatic rings. The van der Waals surface area contributed by atoms with Gasteiger partial charge in [-0.15, -0.1) is 0 Å². The van der Waals surface area contributed by atoms with E-state index >= 15 is 0 Å². The molecule has 33 heavy (non-hydrogen) atoms. The Morgan fingerprint density at radius 3 is 2.52 bits per heavy atom. The molecule has 0 saturated carbocycles. The number of carbonyl (C=O) groups excluding carboxylic acids is 2. The van der Waals surface area contributed by atoms with Gasteiger partial charge in [0, 0.05) is 4.90 Å². The van der Waals surface area contributed by atoms with Gasteiger partial charge in [0.25, 0.3) is 11.8 Å². The predicted molar refractivity (Wildman–Crippen MR) is 138 cm³/mol. The van der Waals surface area contributed by atoms with Crippen LogP contribution in [-0.4, -0.2) is 16.9 Å². The van der Waals surface area contributed by atoms with E-state index < -0.39 is 11.8 Å². The maximum atomic E-state index is 13.3. The Labute approximate surface area is 210 Å². The first-order valence-corrected chi connectivity index (χ1v) is 12.4. The average Bonchev–Trinajstić information content (AvgIpc) is 3.15. The molecule has 2 amide bonds. The molecule has 1 saturated heterocycles. The van der Waals surface area contributed by atoms with Gasteiger partial charge in [-0.25, -0.2) is 0 Å². The fourth-order valence-electron chi connectivity index (χ4n) is 3.33. The van der Waals surface area contributed by atoms with Crippen molar-refractivity contribution in [3.8, 4) is 0 Å². The molecule has 1 N–H and O–H groups in total. The van der Waals surface area contributed by atoms with Crippen molar-refractivity contribution in [1.82, 2.24) is 5.32 Å². The molecule has 0 spiro atoms. The minimum absolute atomic E-state index is 0.0490. The highest BCUT2D eigenvalue weighted by Gasteiger charge is 2.35. The molecule has 2 heterocycles. The standard InChI is InChI=1S/C25H21BrN2O3S2/c1-3-15(2)16-9-11-17(12-10-16)28-23(30)20(22(29)27-25(28)32)13-18-14-21(26)24(31-18)33-19-7-5-4-6-8-19/h4-15H,3H2,1-2H3,(H,27,29,32)/b20-13+/t15-/m0/s1. The summed E-state index contributed by atoms with van der Waals surface area (Å²) in [6.07, 6.45) is 2.46. The van der Waals surface area contributed by atoms with E-state index in [1.165, 1.54) is 28.3 Å². The van der Waals surface area contributed by atoms with Crippen molar-refractivity contribution < 1.29 is 14.0 Å². The minimum Gasteiger partial charge on any atom is -0.449 e. The summed E-state index contributed by atoms with van der Waals surface area (Å²) < 4.78 is 6.63. The summed E-state index contributed by atoms with van der Waals surface area (Å²) in [4.78, 5) is 28.2. The first-order chi connectivity index (χ1) is 15.9. The van der Waals surface area contributed by atoms with Crippen LogP contribution >= 0.6 is 39.9 Å². The summed E-state index contributed by atoms with van der Waals surface area (Å²) in [6, 6.07) is 19.2. The number of hydrogen-bond acceptors (Lipinski definition) is 5. The van der Waals surface area contributed by atoms with Gasteiger partial charge in [-0.05, 0) is 82.5 Å². The zero-order valence-corrected chi connectivity index (χ0v) is 21.2. The Morgan fingerprint density at radius 2 is 1.85 bits per heavy atom. The number of halogens is 1. The molecule has 0 unspecified atom stereocenters. The molecular weight excluding hydrogens is 520 g/mol. The topological polar surface area (TPSA) is 62.6 Å². The zero-order chi connectivity index (χ0) is 23.5. The maximum absolute atomic E-state index is 13.3. The maximum Gasteiger partial charge on any atom is 0.270 e. The van der Waals surface area contributed by atoms with E-state index in [9.17, 15) is 9.59 Å². The number of benzene rings is 2. The van der Waals surface area contributed by atoms with Crippen molar-refractivity contribution in [2.75, 3.05) is 4.90 Å². The summed E-state index contributed by atoms with van der Waals surface area (Å²) in [6.45, 7) is 4.28. The van der Waals surface area contributed by atoms with Gasteiger partial charge in [0.15, 0.2) is 10.2 Å². The lowest BCUT2D eigenvalue weighted by molar-refractivity contribution is -0.122. The first-order valence-electron chi connectivity index (χ1n) is 10.4. The molecule has 1 aromatic heterocycles. The molecule has 0 radical (unpaired) electrons. The largest absolute Gasteiger partial charge is 0.449 e. The van der Waals surface area contributed by atoms with Gasteiger partial charge in [0.2, 0.25) is 0 Å². The van der Waals surface area contributed by atoms with Gasteiger partial charge in [0.1, 0.15) is 11.3 Å². The highest BCUT2D eigenvalue weighted by Crippen LogP contribution is 2.36. The van der Waals surface area contributed by atoms with Crippen LogP contribution in [0.3, 0.4) is 0 Å². The normalized spacial score (nSPS) is 16.3. The third-order valence-corrected chi connectivity index (χ3v) is 7.48. The smallest absolute Gasteiger partial charge is 0.270 e. The number of nitrogens with zero attached hydrogens (tertiary/aromatic N) is 1. The summed E-state index contributed by atoms with van der Waals surface area (Å²) in [7, 11) is 0. The zero-order valence-electron chi connectivity index (χ0n) is 18.0. The lowest BCUT2D eigenvalue weighted by Gasteiger charge is -2.29. The van der Waals surface area contributed by atoms with Crippen molar-refractivity contribution >= 4 is 68.6 Å². The van der Waals surface area contributed by atoms with Crippen molar-refractivity contribution in [3.05, 3.63) is 82.0 Å². The fourth-order valence-corrected chi connectivity index (χ4v) is 4.96. The predicted octanol–water partition coefficient (Wildman–Crippen LogP) is 6.54. The number of nitrogens with one attached hydrogen (secondary N) is 1. The van der Waals surface area contributed by atoms with Crippen LogP contribution in [0.25, 0.3) is 6.08 Å². The van der Waals surface area contributed by atoms with Crippen LogP contribution in [-0.2, 0) is 9.59 Å². The third-order valence-electron chi connectivity index (χ3n) is 5.35. The lowest BCUT2D eigenvalue weighted by atomic mass is 9.98. The highest BCUT2D eigenvalue weighted by atomic mass is 79.9. The number of anilines is 1. The Hall–Kier alpha value is -2.68. The van der Waals surface area contributed by atoms with Gasteiger partial charge in [0.05, 0.1) is 10.2 Å². The van der Waals surface area contributed by atoms with Crippen LogP contribution in [0.15, 0.2) is 85.1 Å². The third kappa shape index (κ3) is 5.13. The van der Waals surface area contributed by atoms with Crippen molar-refractivity contribution in [2.24, 2.45) is 0 Å². The molecule has 2 aromatic carbocycles. The number of furan rings is 1. The number of thiocarbonyl (C=S) groups is 1. The molecule has 4 rings (SSSR count). The van der Waals surface area contributed by atoms with Crippen LogP contribution in [0.4, 0.5) is 5.69 Å². The van der Waals surface area contributed by atoms with E-state index in [0.717, 1.165) is 15.8 Å². The second-order valence-electron chi connectivity index (χ2n) is 7.56. The lowest BCUT2D eigenvalue weighted by Crippen LogP contribution is -2.54. The minimum atomic E-state index is -0.553. The Bertz CT molecular complexity index is 1240. The van der Waals surface area contributed by atoms with E-state index in [-0.39, 0.29) is 10.7 Å². The molecular formula is C25H21BrN2O3S2. The quantitative estimate of drug-likeness (QED) is 0.218.